The van der Waals surface area contributed by atoms with E-state index < -0.39 is 0 Å². The quantitative estimate of drug-likeness (QED) is 0.618. The normalized spacial score (nSPS) is 10.8. The molecule has 78 valence electrons. The SMILES string of the molecule is Nc1ccc2scc(-c3ccccc3)c2c1. The molecule has 1 aromatic heterocycles. The van der Waals surface area contributed by atoms with Gasteiger partial charge in [0.1, 0.15) is 0 Å². The molecule has 2 N–H and O–H groups in total. The van der Waals surface area contributed by atoms with Crippen LogP contribution < -0.4 is 5.73 Å². The lowest BCUT2D eigenvalue weighted by Crippen LogP contribution is -1.82. The van der Waals surface area contributed by atoms with Gasteiger partial charge in [0.25, 0.3) is 0 Å². The van der Waals surface area contributed by atoms with E-state index in [1.54, 1.807) is 11.3 Å². The van der Waals surface area contributed by atoms with Crippen molar-refractivity contribution in [2.75, 3.05) is 5.73 Å². The third-order valence-electron chi connectivity index (χ3n) is 2.68. The van der Waals surface area contributed by atoms with Gasteiger partial charge in [-0.3, -0.25) is 0 Å². The van der Waals surface area contributed by atoms with Gasteiger partial charge in [0.05, 0.1) is 0 Å². The molecule has 0 aliphatic heterocycles. The maximum absolute atomic E-state index is 5.83. The maximum atomic E-state index is 5.83. The van der Waals surface area contributed by atoms with Crippen LogP contribution in [0.2, 0.25) is 0 Å². The number of benzene rings is 2. The second-order valence-corrected chi connectivity index (χ2v) is 4.68. The molecule has 0 aliphatic carbocycles. The first-order valence-corrected chi connectivity index (χ1v) is 6.05. The molecule has 1 heterocycles. The Hall–Kier alpha value is -1.80. The Kier molecular flexibility index (Phi) is 2.15. The van der Waals surface area contributed by atoms with Crippen LogP contribution in [0.1, 0.15) is 0 Å². The van der Waals surface area contributed by atoms with Crippen molar-refractivity contribution in [2.45, 2.75) is 0 Å². The van der Waals surface area contributed by atoms with Gasteiger partial charge in [-0.2, -0.15) is 0 Å². The molecule has 0 saturated heterocycles. The van der Waals surface area contributed by atoms with E-state index in [4.69, 9.17) is 5.73 Å². The molecule has 16 heavy (non-hydrogen) atoms. The molecule has 0 unspecified atom stereocenters. The average molecular weight is 225 g/mol. The summed E-state index contributed by atoms with van der Waals surface area (Å²) in [6, 6.07) is 16.5. The van der Waals surface area contributed by atoms with Crippen LogP contribution in [0.3, 0.4) is 0 Å². The number of rotatable bonds is 1. The standard InChI is InChI=1S/C14H11NS/c15-11-6-7-14-12(8-11)13(9-16-14)10-4-2-1-3-5-10/h1-9H,15H2. The van der Waals surface area contributed by atoms with Crippen molar-refractivity contribution < 1.29 is 0 Å². The molecule has 0 spiro atoms. The van der Waals surface area contributed by atoms with Gasteiger partial charge in [0, 0.05) is 21.3 Å². The van der Waals surface area contributed by atoms with Crippen molar-refractivity contribution >= 4 is 27.1 Å². The highest BCUT2D eigenvalue weighted by atomic mass is 32.1. The summed E-state index contributed by atoms with van der Waals surface area (Å²) in [5, 5.41) is 3.44. The minimum atomic E-state index is 0.822. The van der Waals surface area contributed by atoms with Crippen LogP contribution in [0.15, 0.2) is 53.9 Å². The van der Waals surface area contributed by atoms with Gasteiger partial charge < -0.3 is 5.73 Å². The fraction of sp³-hybridized carbons (Fsp3) is 0. The van der Waals surface area contributed by atoms with Crippen molar-refractivity contribution in [3.8, 4) is 11.1 Å². The Bertz CT molecular complexity index is 626. The second-order valence-electron chi connectivity index (χ2n) is 3.77. The summed E-state index contributed by atoms with van der Waals surface area (Å²) in [6.07, 6.45) is 0. The van der Waals surface area contributed by atoms with Crippen molar-refractivity contribution in [1.82, 2.24) is 0 Å². The van der Waals surface area contributed by atoms with Gasteiger partial charge >= 0.3 is 0 Å². The zero-order valence-corrected chi connectivity index (χ0v) is 9.50. The van der Waals surface area contributed by atoms with E-state index in [9.17, 15) is 0 Å². The zero-order valence-electron chi connectivity index (χ0n) is 8.68. The number of thiophene rings is 1. The molecule has 1 nitrogen and oxygen atoms in total. The van der Waals surface area contributed by atoms with Crippen LogP contribution in [0, 0.1) is 0 Å². The molecular formula is C14H11NS. The Morgan fingerprint density at radius 3 is 2.56 bits per heavy atom. The molecule has 0 saturated carbocycles. The molecule has 0 atom stereocenters. The topological polar surface area (TPSA) is 26.0 Å². The van der Waals surface area contributed by atoms with Crippen LogP contribution in [0.4, 0.5) is 5.69 Å². The lowest BCUT2D eigenvalue weighted by molar-refractivity contribution is 1.69. The fourth-order valence-corrected chi connectivity index (χ4v) is 2.84. The highest BCUT2D eigenvalue weighted by Gasteiger charge is 2.05. The first kappa shape index (κ1) is 9.43. The molecule has 2 aromatic carbocycles. The van der Waals surface area contributed by atoms with E-state index >= 15 is 0 Å². The van der Waals surface area contributed by atoms with Crippen LogP contribution in [-0.4, -0.2) is 0 Å². The van der Waals surface area contributed by atoms with Gasteiger partial charge in [-0.05, 0) is 29.1 Å². The summed E-state index contributed by atoms with van der Waals surface area (Å²) in [5.41, 5.74) is 9.18. The minimum absolute atomic E-state index is 0.822. The summed E-state index contributed by atoms with van der Waals surface area (Å²) in [6.45, 7) is 0. The predicted molar refractivity (Wildman–Crippen MR) is 71.7 cm³/mol. The smallest absolute Gasteiger partial charge is 0.0350 e. The molecule has 3 aromatic rings. The van der Waals surface area contributed by atoms with Gasteiger partial charge in [-0.15, -0.1) is 11.3 Å². The molecule has 2 heteroatoms. The second kappa shape index (κ2) is 3.65. The van der Waals surface area contributed by atoms with Gasteiger partial charge in [0.2, 0.25) is 0 Å². The predicted octanol–water partition coefficient (Wildman–Crippen LogP) is 4.15. The molecule has 0 radical (unpaired) electrons. The van der Waals surface area contributed by atoms with Crippen LogP contribution in [-0.2, 0) is 0 Å². The highest BCUT2D eigenvalue weighted by Crippen LogP contribution is 2.34. The Labute approximate surface area is 98.2 Å². The zero-order chi connectivity index (χ0) is 11.0. The fourth-order valence-electron chi connectivity index (χ4n) is 1.89. The monoisotopic (exact) mass is 225 g/mol. The van der Waals surface area contributed by atoms with Gasteiger partial charge in [0.15, 0.2) is 0 Å². The molecule has 0 bridgehead atoms. The molecule has 0 amide bonds. The summed E-state index contributed by atoms with van der Waals surface area (Å²) in [4.78, 5) is 0. The molecular weight excluding hydrogens is 214 g/mol. The van der Waals surface area contributed by atoms with E-state index in [0.717, 1.165) is 5.69 Å². The van der Waals surface area contributed by atoms with E-state index in [1.807, 2.05) is 18.2 Å². The highest BCUT2D eigenvalue weighted by molar-refractivity contribution is 7.17. The van der Waals surface area contributed by atoms with E-state index in [1.165, 1.54) is 21.2 Å². The van der Waals surface area contributed by atoms with Crippen molar-refractivity contribution in [3.05, 3.63) is 53.9 Å². The van der Waals surface area contributed by atoms with E-state index in [-0.39, 0.29) is 0 Å². The number of anilines is 1. The third kappa shape index (κ3) is 1.48. The van der Waals surface area contributed by atoms with Gasteiger partial charge in [-0.1, -0.05) is 30.3 Å². The lowest BCUT2D eigenvalue weighted by Gasteiger charge is -2.00. The first-order valence-electron chi connectivity index (χ1n) is 5.17. The van der Waals surface area contributed by atoms with Crippen molar-refractivity contribution in [2.24, 2.45) is 0 Å². The Morgan fingerprint density at radius 2 is 1.75 bits per heavy atom. The molecule has 0 aliphatic rings. The summed E-state index contributed by atoms with van der Waals surface area (Å²) in [7, 11) is 0. The lowest BCUT2D eigenvalue weighted by atomic mass is 10.0. The summed E-state index contributed by atoms with van der Waals surface area (Å²) >= 11 is 1.76. The first-order chi connectivity index (χ1) is 7.84. The largest absolute Gasteiger partial charge is 0.399 e. The summed E-state index contributed by atoms with van der Waals surface area (Å²) < 4.78 is 1.29. The number of hydrogen-bond acceptors (Lipinski definition) is 2. The van der Waals surface area contributed by atoms with E-state index in [2.05, 4.69) is 35.7 Å². The van der Waals surface area contributed by atoms with Crippen LogP contribution in [0.25, 0.3) is 21.2 Å². The Balaban J connectivity index is 2.29. The third-order valence-corrected chi connectivity index (χ3v) is 3.65. The Morgan fingerprint density at radius 1 is 0.938 bits per heavy atom. The number of nitrogen functional groups attached to an aromatic ring is 1. The van der Waals surface area contributed by atoms with Crippen molar-refractivity contribution in [1.29, 1.82) is 0 Å². The van der Waals surface area contributed by atoms with Crippen molar-refractivity contribution in [3.63, 3.8) is 0 Å². The average Bonchev–Trinajstić information content (AvgIpc) is 2.73. The summed E-state index contributed by atoms with van der Waals surface area (Å²) in [5.74, 6) is 0. The van der Waals surface area contributed by atoms with E-state index in [0.29, 0.717) is 0 Å². The number of hydrogen-bond donors (Lipinski definition) is 1. The molecule has 0 fully saturated rings. The minimum Gasteiger partial charge on any atom is -0.399 e. The van der Waals surface area contributed by atoms with Gasteiger partial charge in [-0.25, -0.2) is 0 Å². The maximum Gasteiger partial charge on any atom is 0.0350 e. The molecule has 3 rings (SSSR count). The van der Waals surface area contributed by atoms with Crippen LogP contribution in [0.5, 0.6) is 0 Å². The van der Waals surface area contributed by atoms with Crippen LogP contribution >= 0.6 is 11.3 Å². The number of nitrogens with two attached hydrogens (primary N) is 1. The number of fused-ring (bicyclic) bond motifs is 1.